The molecule has 21 heavy (non-hydrogen) atoms. The largest absolute Gasteiger partial charge is 0.326 e. The van der Waals surface area contributed by atoms with Gasteiger partial charge >= 0.3 is 0 Å². The van der Waals surface area contributed by atoms with Gasteiger partial charge in [-0.25, -0.2) is 4.98 Å². The molecule has 0 fully saturated rings. The molecule has 4 heteroatoms. The van der Waals surface area contributed by atoms with Gasteiger partial charge in [0, 0.05) is 12.6 Å². The van der Waals surface area contributed by atoms with Crippen molar-refractivity contribution in [2.24, 2.45) is 5.73 Å². The van der Waals surface area contributed by atoms with Gasteiger partial charge in [-0.3, -0.25) is 4.90 Å². The van der Waals surface area contributed by atoms with Crippen molar-refractivity contribution in [2.75, 3.05) is 14.1 Å². The third kappa shape index (κ3) is 3.27. The lowest BCUT2D eigenvalue weighted by Crippen LogP contribution is -2.29. The van der Waals surface area contributed by atoms with Gasteiger partial charge in [0.15, 0.2) is 0 Å². The fraction of sp³-hybridized carbons (Fsp3) is 0.588. The maximum atomic E-state index is 6.21. The fourth-order valence-electron chi connectivity index (χ4n) is 2.85. The number of benzene rings is 1. The quantitative estimate of drug-likeness (QED) is 0.888. The first-order valence-electron chi connectivity index (χ1n) is 7.86. The predicted octanol–water partition coefficient (Wildman–Crippen LogP) is 3.09. The van der Waals surface area contributed by atoms with E-state index in [-0.39, 0.29) is 6.04 Å². The summed E-state index contributed by atoms with van der Waals surface area (Å²) in [6.45, 7) is 7.28. The first-order chi connectivity index (χ1) is 9.97. The molecule has 0 amide bonds. The van der Waals surface area contributed by atoms with Crippen molar-refractivity contribution in [3.63, 3.8) is 0 Å². The number of imidazole rings is 1. The summed E-state index contributed by atoms with van der Waals surface area (Å²) in [5.74, 6) is 1.13. The summed E-state index contributed by atoms with van der Waals surface area (Å²) in [6, 6.07) is 6.98. The lowest BCUT2D eigenvalue weighted by atomic mass is 10.1. The second-order valence-electron chi connectivity index (χ2n) is 6.13. The van der Waals surface area contributed by atoms with E-state index in [9.17, 15) is 0 Å². The molecule has 2 unspecified atom stereocenters. The van der Waals surface area contributed by atoms with Crippen LogP contribution in [0.3, 0.4) is 0 Å². The number of aromatic nitrogens is 2. The van der Waals surface area contributed by atoms with Gasteiger partial charge in [0.05, 0.1) is 17.1 Å². The van der Waals surface area contributed by atoms with Gasteiger partial charge in [-0.15, -0.1) is 0 Å². The first-order valence-corrected chi connectivity index (χ1v) is 7.86. The van der Waals surface area contributed by atoms with Crippen LogP contribution in [0, 0.1) is 6.92 Å². The molecule has 0 saturated heterocycles. The topological polar surface area (TPSA) is 47.1 Å². The molecule has 2 aromatic rings. The Balaban J connectivity index is 2.58. The Morgan fingerprint density at radius 2 is 1.95 bits per heavy atom. The Hall–Kier alpha value is -1.39. The average Bonchev–Trinajstić information content (AvgIpc) is 2.76. The lowest BCUT2D eigenvalue weighted by Gasteiger charge is -2.24. The summed E-state index contributed by atoms with van der Waals surface area (Å²) in [5, 5.41) is 0. The van der Waals surface area contributed by atoms with Crippen molar-refractivity contribution in [3.05, 3.63) is 29.6 Å². The van der Waals surface area contributed by atoms with Gasteiger partial charge in [0.2, 0.25) is 0 Å². The molecule has 4 nitrogen and oxygen atoms in total. The summed E-state index contributed by atoms with van der Waals surface area (Å²) in [5.41, 5.74) is 9.73. The zero-order valence-corrected chi connectivity index (χ0v) is 13.9. The number of hydrogen-bond donors (Lipinski definition) is 1. The minimum atomic E-state index is 0.169. The molecule has 0 radical (unpaired) electrons. The van der Waals surface area contributed by atoms with Crippen LogP contribution in [0.1, 0.15) is 44.1 Å². The van der Waals surface area contributed by atoms with E-state index < -0.39 is 0 Å². The molecule has 2 rings (SSSR count). The Kier molecular flexibility index (Phi) is 5.01. The molecule has 2 N–H and O–H groups in total. The molecule has 0 bridgehead atoms. The van der Waals surface area contributed by atoms with Gasteiger partial charge in [-0.05, 0) is 51.6 Å². The minimum absolute atomic E-state index is 0.169. The summed E-state index contributed by atoms with van der Waals surface area (Å²) >= 11 is 0. The zero-order chi connectivity index (χ0) is 15.6. The summed E-state index contributed by atoms with van der Waals surface area (Å²) < 4.78 is 2.32. The highest BCUT2D eigenvalue weighted by molar-refractivity contribution is 5.77. The normalized spacial score (nSPS) is 14.8. The van der Waals surface area contributed by atoms with E-state index in [1.54, 1.807) is 0 Å². The van der Waals surface area contributed by atoms with E-state index in [1.807, 2.05) is 0 Å². The van der Waals surface area contributed by atoms with E-state index in [4.69, 9.17) is 10.7 Å². The maximum absolute atomic E-state index is 6.21. The van der Waals surface area contributed by atoms with Crippen LogP contribution in [0.2, 0.25) is 0 Å². The van der Waals surface area contributed by atoms with Crippen LogP contribution in [-0.4, -0.2) is 34.6 Å². The predicted molar refractivity (Wildman–Crippen MR) is 89.5 cm³/mol. The second kappa shape index (κ2) is 6.58. The Morgan fingerprint density at radius 3 is 2.52 bits per heavy atom. The highest BCUT2D eigenvalue weighted by atomic mass is 15.2. The van der Waals surface area contributed by atoms with Crippen LogP contribution < -0.4 is 5.73 Å². The van der Waals surface area contributed by atoms with Crippen molar-refractivity contribution in [1.29, 1.82) is 0 Å². The van der Waals surface area contributed by atoms with Gasteiger partial charge in [0.1, 0.15) is 5.82 Å². The smallest absolute Gasteiger partial charge is 0.127 e. The number of aryl methyl sites for hydroxylation is 1. The van der Waals surface area contributed by atoms with E-state index >= 15 is 0 Å². The number of hydrogen-bond acceptors (Lipinski definition) is 3. The number of nitrogens with two attached hydrogens (primary N) is 1. The van der Waals surface area contributed by atoms with Gasteiger partial charge < -0.3 is 10.3 Å². The van der Waals surface area contributed by atoms with Crippen LogP contribution in [0.5, 0.6) is 0 Å². The molecule has 1 aromatic heterocycles. The SMILES string of the molecule is CCC(N)Cn1c(C(CC)N(C)C)nc2cc(C)ccc21. The van der Waals surface area contributed by atoms with Crippen LogP contribution in [-0.2, 0) is 6.54 Å². The molecule has 0 aliphatic rings. The fourth-order valence-corrected chi connectivity index (χ4v) is 2.85. The summed E-state index contributed by atoms with van der Waals surface area (Å²) in [4.78, 5) is 7.16. The van der Waals surface area contributed by atoms with Crippen molar-refractivity contribution < 1.29 is 0 Å². The van der Waals surface area contributed by atoms with E-state index in [0.29, 0.717) is 6.04 Å². The van der Waals surface area contributed by atoms with Crippen molar-refractivity contribution >= 4 is 11.0 Å². The molecule has 1 aromatic carbocycles. The van der Waals surface area contributed by atoms with E-state index in [1.165, 1.54) is 11.1 Å². The van der Waals surface area contributed by atoms with Crippen molar-refractivity contribution in [1.82, 2.24) is 14.5 Å². The summed E-state index contributed by atoms with van der Waals surface area (Å²) in [7, 11) is 4.23. The molecule has 116 valence electrons. The Bertz CT molecular complexity index is 600. The molecular formula is C17H28N4. The average molecular weight is 288 g/mol. The number of fused-ring (bicyclic) bond motifs is 1. The monoisotopic (exact) mass is 288 g/mol. The molecule has 0 aliphatic heterocycles. The van der Waals surface area contributed by atoms with Crippen molar-refractivity contribution in [2.45, 2.75) is 52.2 Å². The van der Waals surface area contributed by atoms with Crippen LogP contribution in [0.25, 0.3) is 11.0 Å². The van der Waals surface area contributed by atoms with E-state index in [2.05, 4.69) is 62.5 Å². The molecular weight excluding hydrogens is 260 g/mol. The number of rotatable bonds is 6. The van der Waals surface area contributed by atoms with Crippen LogP contribution in [0.15, 0.2) is 18.2 Å². The molecule has 1 heterocycles. The highest BCUT2D eigenvalue weighted by Gasteiger charge is 2.21. The first kappa shape index (κ1) is 16.0. The maximum Gasteiger partial charge on any atom is 0.127 e. The molecule has 2 atom stereocenters. The van der Waals surface area contributed by atoms with E-state index in [0.717, 1.165) is 30.7 Å². The molecule has 0 saturated carbocycles. The Labute approximate surface area is 128 Å². The minimum Gasteiger partial charge on any atom is -0.326 e. The molecule has 0 spiro atoms. The van der Waals surface area contributed by atoms with Crippen molar-refractivity contribution in [3.8, 4) is 0 Å². The van der Waals surface area contributed by atoms with Gasteiger partial charge in [-0.1, -0.05) is 19.9 Å². The van der Waals surface area contributed by atoms with Crippen LogP contribution >= 0.6 is 0 Å². The second-order valence-corrected chi connectivity index (χ2v) is 6.13. The lowest BCUT2D eigenvalue weighted by molar-refractivity contribution is 0.271. The Morgan fingerprint density at radius 1 is 1.24 bits per heavy atom. The number of nitrogens with zero attached hydrogens (tertiary/aromatic N) is 3. The highest BCUT2D eigenvalue weighted by Crippen LogP contribution is 2.26. The standard InChI is InChI=1S/C17H28N4/c1-6-13(18)11-21-16-9-8-12(3)10-14(16)19-17(21)15(7-2)20(4)5/h8-10,13,15H,6-7,11,18H2,1-5H3. The third-order valence-electron chi connectivity index (χ3n) is 4.18. The van der Waals surface area contributed by atoms with Crippen LogP contribution in [0.4, 0.5) is 0 Å². The molecule has 0 aliphatic carbocycles. The zero-order valence-electron chi connectivity index (χ0n) is 13.9. The third-order valence-corrected chi connectivity index (χ3v) is 4.18. The summed E-state index contributed by atoms with van der Waals surface area (Å²) in [6.07, 6.45) is 2.01. The van der Waals surface area contributed by atoms with Gasteiger partial charge in [0.25, 0.3) is 0 Å². The van der Waals surface area contributed by atoms with Gasteiger partial charge in [-0.2, -0.15) is 0 Å².